The van der Waals surface area contributed by atoms with Gasteiger partial charge in [-0.3, -0.25) is 9.52 Å². The molecule has 128 valence electrons. The summed E-state index contributed by atoms with van der Waals surface area (Å²) < 4.78 is 29.1. The molecule has 1 saturated carbocycles. The van der Waals surface area contributed by atoms with Crippen LogP contribution in [0.2, 0.25) is 0 Å². The van der Waals surface area contributed by atoms with Crippen LogP contribution in [0.5, 0.6) is 0 Å². The zero-order valence-electron chi connectivity index (χ0n) is 13.8. The normalized spacial score (nSPS) is 30.3. The number of fused-ring (bicyclic) bond motifs is 1. The van der Waals surface area contributed by atoms with Crippen molar-refractivity contribution in [2.75, 3.05) is 13.1 Å². The Morgan fingerprint density at radius 1 is 1.22 bits per heavy atom. The van der Waals surface area contributed by atoms with Gasteiger partial charge in [-0.15, -0.1) is 4.40 Å². The minimum absolute atomic E-state index is 0.0824. The molecule has 1 aliphatic carbocycles. The lowest BCUT2D eigenvalue weighted by atomic mass is 9.75. The third kappa shape index (κ3) is 3.59. The van der Waals surface area contributed by atoms with Gasteiger partial charge in [0.1, 0.15) is 0 Å². The van der Waals surface area contributed by atoms with Crippen LogP contribution in [-0.4, -0.2) is 38.0 Å². The summed E-state index contributed by atoms with van der Waals surface area (Å²) in [4.78, 5) is 14.6. The lowest BCUT2D eigenvalue weighted by molar-refractivity contribution is -0.133. The largest absolute Gasteiger partial charge is 0.342 e. The molecule has 6 nitrogen and oxygen atoms in total. The number of piperidine rings is 1. The number of amides is 1. The SMILES string of the molecule is CC1=NS(=O)(=O)NC(C)=C1CC(=O)N1CC[C@H]2CCCC[C@@H]2C1. The van der Waals surface area contributed by atoms with E-state index in [0.717, 1.165) is 25.4 Å². The van der Waals surface area contributed by atoms with Gasteiger partial charge >= 0.3 is 10.2 Å². The van der Waals surface area contributed by atoms with Crippen molar-refractivity contribution in [3.63, 3.8) is 0 Å². The van der Waals surface area contributed by atoms with Gasteiger partial charge in [-0.1, -0.05) is 19.3 Å². The van der Waals surface area contributed by atoms with E-state index in [0.29, 0.717) is 22.9 Å². The van der Waals surface area contributed by atoms with Crippen LogP contribution in [0.15, 0.2) is 15.7 Å². The monoisotopic (exact) mass is 339 g/mol. The number of allylic oxidation sites excluding steroid dienone is 1. The summed E-state index contributed by atoms with van der Waals surface area (Å²) in [7, 11) is -3.64. The smallest absolute Gasteiger partial charge is 0.342 e. The third-order valence-corrected chi connectivity index (χ3v) is 6.48. The average Bonchev–Trinajstić information content (AvgIpc) is 2.49. The van der Waals surface area contributed by atoms with Gasteiger partial charge in [0.05, 0.1) is 12.1 Å². The van der Waals surface area contributed by atoms with E-state index in [1.54, 1.807) is 13.8 Å². The second kappa shape index (κ2) is 6.26. The van der Waals surface area contributed by atoms with Gasteiger partial charge in [-0.05, 0) is 38.5 Å². The predicted octanol–water partition coefficient (Wildman–Crippen LogP) is 2.00. The van der Waals surface area contributed by atoms with Crippen LogP contribution >= 0.6 is 0 Å². The van der Waals surface area contributed by atoms with E-state index in [1.807, 2.05) is 4.90 Å². The van der Waals surface area contributed by atoms with Gasteiger partial charge < -0.3 is 4.90 Å². The minimum atomic E-state index is -3.64. The molecule has 0 aromatic rings. The number of carbonyl (C=O) groups is 1. The van der Waals surface area contributed by atoms with Crippen molar-refractivity contribution < 1.29 is 13.2 Å². The number of carbonyl (C=O) groups excluding carboxylic acids is 1. The van der Waals surface area contributed by atoms with Gasteiger partial charge in [-0.25, -0.2) is 0 Å². The molecule has 23 heavy (non-hydrogen) atoms. The van der Waals surface area contributed by atoms with Gasteiger partial charge in [0, 0.05) is 24.4 Å². The van der Waals surface area contributed by atoms with Crippen molar-refractivity contribution in [3.05, 3.63) is 11.3 Å². The Morgan fingerprint density at radius 3 is 2.61 bits per heavy atom. The number of likely N-dealkylation sites (tertiary alicyclic amines) is 1. The van der Waals surface area contributed by atoms with Crippen LogP contribution in [0.3, 0.4) is 0 Å². The van der Waals surface area contributed by atoms with Gasteiger partial charge in [0.15, 0.2) is 0 Å². The number of rotatable bonds is 2. The Hall–Kier alpha value is -1.37. The summed E-state index contributed by atoms with van der Waals surface area (Å²) >= 11 is 0. The van der Waals surface area contributed by atoms with Crippen LogP contribution in [0, 0.1) is 11.8 Å². The van der Waals surface area contributed by atoms with Crippen molar-refractivity contribution >= 4 is 21.8 Å². The summed E-state index contributed by atoms with van der Waals surface area (Å²) in [5, 5.41) is 0. The summed E-state index contributed by atoms with van der Waals surface area (Å²) in [6.45, 7) is 5.02. The Bertz CT molecular complexity index is 666. The maximum atomic E-state index is 12.7. The van der Waals surface area contributed by atoms with Crippen molar-refractivity contribution in [2.45, 2.75) is 52.4 Å². The molecule has 1 saturated heterocycles. The maximum absolute atomic E-state index is 12.7. The standard InChI is InChI=1S/C16H25N3O3S/c1-11-15(12(2)18-23(21,22)17-11)9-16(20)19-8-7-13-5-3-4-6-14(13)10-19/h13-14,17H,3-10H2,1-2H3/t13-,14-/m1/s1. The van der Waals surface area contributed by atoms with E-state index < -0.39 is 10.2 Å². The van der Waals surface area contributed by atoms with Crippen LogP contribution in [0.25, 0.3) is 0 Å². The number of hydrogen-bond acceptors (Lipinski definition) is 3. The molecular weight excluding hydrogens is 314 g/mol. The molecule has 2 atom stereocenters. The zero-order valence-corrected chi connectivity index (χ0v) is 14.7. The van der Waals surface area contributed by atoms with Crippen molar-refractivity contribution in [1.82, 2.24) is 9.62 Å². The maximum Gasteiger partial charge on any atom is 0.342 e. The summed E-state index contributed by atoms with van der Waals surface area (Å²) in [6, 6.07) is 0. The molecule has 0 spiro atoms. The first-order chi connectivity index (χ1) is 10.9. The molecule has 0 unspecified atom stereocenters. The first-order valence-corrected chi connectivity index (χ1v) is 9.87. The Morgan fingerprint density at radius 2 is 1.91 bits per heavy atom. The highest BCUT2D eigenvalue weighted by molar-refractivity contribution is 7.88. The van der Waals surface area contributed by atoms with E-state index in [2.05, 4.69) is 9.12 Å². The van der Waals surface area contributed by atoms with E-state index in [4.69, 9.17) is 0 Å². The quantitative estimate of drug-likeness (QED) is 0.836. The third-order valence-electron chi connectivity index (χ3n) is 5.40. The van der Waals surface area contributed by atoms with Crippen molar-refractivity contribution in [2.24, 2.45) is 16.2 Å². The van der Waals surface area contributed by atoms with Crippen LogP contribution in [0.4, 0.5) is 0 Å². The molecule has 0 radical (unpaired) electrons. The number of hydrogen-bond donors (Lipinski definition) is 1. The van der Waals surface area contributed by atoms with E-state index in [1.165, 1.54) is 25.7 Å². The molecule has 0 aromatic carbocycles. The molecule has 3 aliphatic rings. The second-order valence-electron chi connectivity index (χ2n) is 6.97. The highest BCUT2D eigenvalue weighted by Crippen LogP contribution is 2.36. The van der Waals surface area contributed by atoms with Crippen LogP contribution in [-0.2, 0) is 15.0 Å². The first kappa shape index (κ1) is 16.5. The molecule has 1 amide bonds. The molecular formula is C16H25N3O3S. The van der Waals surface area contributed by atoms with E-state index in [-0.39, 0.29) is 12.3 Å². The molecule has 0 bridgehead atoms. The predicted molar refractivity (Wildman–Crippen MR) is 89.1 cm³/mol. The summed E-state index contributed by atoms with van der Waals surface area (Å²) in [5.74, 6) is 1.52. The highest BCUT2D eigenvalue weighted by Gasteiger charge is 2.33. The molecule has 7 heteroatoms. The molecule has 0 aromatic heterocycles. The Balaban J connectivity index is 1.67. The highest BCUT2D eigenvalue weighted by atomic mass is 32.2. The molecule has 2 heterocycles. The summed E-state index contributed by atoms with van der Waals surface area (Å²) in [6.07, 6.45) is 6.48. The molecule has 3 rings (SSSR count). The number of nitrogens with one attached hydrogen (secondary N) is 1. The Kier molecular flexibility index (Phi) is 4.49. The number of nitrogens with zero attached hydrogens (tertiary/aromatic N) is 2. The fourth-order valence-electron chi connectivity index (χ4n) is 4.14. The molecule has 2 aliphatic heterocycles. The van der Waals surface area contributed by atoms with Gasteiger partial charge in [0.25, 0.3) is 0 Å². The second-order valence-corrected chi connectivity index (χ2v) is 8.30. The van der Waals surface area contributed by atoms with Crippen molar-refractivity contribution in [3.8, 4) is 0 Å². The summed E-state index contributed by atoms with van der Waals surface area (Å²) in [5.41, 5.74) is 1.64. The van der Waals surface area contributed by atoms with Crippen LogP contribution in [0.1, 0.15) is 52.4 Å². The fourth-order valence-corrected chi connectivity index (χ4v) is 5.16. The van der Waals surface area contributed by atoms with Crippen molar-refractivity contribution in [1.29, 1.82) is 0 Å². The lowest BCUT2D eigenvalue weighted by Gasteiger charge is -2.41. The fraction of sp³-hybridized carbons (Fsp3) is 0.750. The van der Waals surface area contributed by atoms with E-state index in [9.17, 15) is 13.2 Å². The minimum Gasteiger partial charge on any atom is -0.342 e. The lowest BCUT2D eigenvalue weighted by Crippen LogP contribution is -2.45. The van der Waals surface area contributed by atoms with Gasteiger partial charge in [0.2, 0.25) is 5.91 Å². The molecule has 2 fully saturated rings. The zero-order chi connectivity index (χ0) is 16.6. The van der Waals surface area contributed by atoms with Gasteiger partial charge in [-0.2, -0.15) is 8.42 Å². The van der Waals surface area contributed by atoms with Crippen LogP contribution < -0.4 is 4.72 Å². The van der Waals surface area contributed by atoms with E-state index >= 15 is 0 Å². The average molecular weight is 339 g/mol. The first-order valence-electron chi connectivity index (χ1n) is 8.43. The molecule has 1 N–H and O–H groups in total. The Labute approximate surface area is 138 Å². The topological polar surface area (TPSA) is 78.8 Å².